The molecule has 3 aromatic rings. The smallest absolute Gasteiger partial charge is 0.337 e. The molecule has 0 fully saturated rings. The Morgan fingerprint density at radius 2 is 2.00 bits per heavy atom. The molecule has 1 aromatic heterocycles. The highest BCUT2D eigenvalue weighted by Crippen LogP contribution is 2.33. The van der Waals surface area contributed by atoms with Gasteiger partial charge < -0.3 is 5.11 Å². The minimum atomic E-state index is -0.861. The zero-order valence-electron chi connectivity index (χ0n) is 9.23. The molecule has 0 saturated carbocycles. The molecule has 84 valence electrons. The number of carboxylic acid groups (broad SMARTS) is 1. The summed E-state index contributed by atoms with van der Waals surface area (Å²) in [7, 11) is 0. The van der Waals surface area contributed by atoms with Crippen molar-refractivity contribution < 1.29 is 9.90 Å². The fourth-order valence-electron chi connectivity index (χ4n) is 2.14. The van der Waals surface area contributed by atoms with Crippen LogP contribution in [0, 0.1) is 6.92 Å². The van der Waals surface area contributed by atoms with Crippen LogP contribution in [0.4, 0.5) is 0 Å². The number of benzene rings is 2. The second-order valence-corrected chi connectivity index (χ2v) is 5.03. The highest BCUT2D eigenvalue weighted by atomic mass is 32.1. The molecule has 3 heteroatoms. The van der Waals surface area contributed by atoms with Crippen LogP contribution in [0.15, 0.2) is 35.7 Å². The summed E-state index contributed by atoms with van der Waals surface area (Å²) in [6, 6.07) is 9.85. The molecule has 2 aromatic carbocycles. The van der Waals surface area contributed by atoms with E-state index in [-0.39, 0.29) is 0 Å². The van der Waals surface area contributed by atoms with Crippen LogP contribution in [-0.2, 0) is 0 Å². The third-order valence-corrected chi connectivity index (χ3v) is 3.89. The van der Waals surface area contributed by atoms with Crippen molar-refractivity contribution >= 4 is 38.2 Å². The molecule has 1 N–H and O–H groups in total. The van der Waals surface area contributed by atoms with Gasteiger partial charge in [0.05, 0.1) is 5.56 Å². The van der Waals surface area contributed by atoms with Crippen molar-refractivity contribution in [1.82, 2.24) is 0 Å². The van der Waals surface area contributed by atoms with E-state index in [1.54, 1.807) is 6.07 Å². The van der Waals surface area contributed by atoms with Crippen LogP contribution < -0.4 is 0 Å². The summed E-state index contributed by atoms with van der Waals surface area (Å²) in [5.74, 6) is -0.861. The SMILES string of the molecule is Cc1ccc2cc(C(=O)O)c3sccc3c2c1. The summed E-state index contributed by atoms with van der Waals surface area (Å²) in [4.78, 5) is 11.2. The van der Waals surface area contributed by atoms with Gasteiger partial charge in [0.2, 0.25) is 0 Å². The quantitative estimate of drug-likeness (QED) is 0.698. The van der Waals surface area contributed by atoms with Crippen molar-refractivity contribution in [3.05, 3.63) is 46.8 Å². The summed E-state index contributed by atoms with van der Waals surface area (Å²) in [6.07, 6.45) is 0. The second kappa shape index (κ2) is 3.57. The van der Waals surface area contributed by atoms with Gasteiger partial charge in [0, 0.05) is 10.1 Å². The molecular weight excluding hydrogens is 232 g/mol. The van der Waals surface area contributed by atoms with E-state index in [0.717, 1.165) is 20.9 Å². The van der Waals surface area contributed by atoms with Gasteiger partial charge in [0.1, 0.15) is 0 Å². The summed E-state index contributed by atoms with van der Waals surface area (Å²) in [5.41, 5.74) is 1.58. The predicted molar refractivity (Wildman–Crippen MR) is 71.0 cm³/mol. The maximum Gasteiger partial charge on any atom is 0.337 e. The van der Waals surface area contributed by atoms with E-state index >= 15 is 0 Å². The standard InChI is InChI=1S/C14H10O2S/c1-8-2-3-9-7-12(14(15)16)13-10(4-5-17-13)11(9)6-8/h2-7H,1H3,(H,15,16). The molecule has 0 spiro atoms. The van der Waals surface area contributed by atoms with Crippen molar-refractivity contribution in [2.45, 2.75) is 6.92 Å². The maximum atomic E-state index is 11.2. The molecule has 0 aliphatic rings. The number of thiophene rings is 1. The highest BCUT2D eigenvalue weighted by molar-refractivity contribution is 7.17. The Labute approximate surface area is 102 Å². The minimum absolute atomic E-state index is 0.395. The van der Waals surface area contributed by atoms with Gasteiger partial charge >= 0.3 is 5.97 Å². The molecule has 0 unspecified atom stereocenters. The molecule has 0 aliphatic heterocycles. The Morgan fingerprint density at radius 1 is 1.18 bits per heavy atom. The van der Waals surface area contributed by atoms with Gasteiger partial charge in [-0.15, -0.1) is 11.3 Å². The van der Waals surface area contributed by atoms with E-state index in [4.69, 9.17) is 0 Å². The number of rotatable bonds is 1. The number of hydrogen-bond acceptors (Lipinski definition) is 2. The fourth-order valence-corrected chi connectivity index (χ4v) is 3.06. The van der Waals surface area contributed by atoms with Gasteiger partial charge in [-0.1, -0.05) is 23.8 Å². The molecule has 2 nitrogen and oxygen atoms in total. The van der Waals surface area contributed by atoms with Crippen molar-refractivity contribution in [2.24, 2.45) is 0 Å². The van der Waals surface area contributed by atoms with Crippen LogP contribution in [0.25, 0.3) is 20.9 Å². The third-order valence-electron chi connectivity index (χ3n) is 2.94. The summed E-state index contributed by atoms with van der Waals surface area (Å²) in [6.45, 7) is 2.04. The first-order valence-electron chi connectivity index (χ1n) is 5.30. The monoisotopic (exact) mass is 242 g/mol. The topological polar surface area (TPSA) is 37.3 Å². The zero-order chi connectivity index (χ0) is 12.0. The molecule has 0 amide bonds. The molecule has 17 heavy (non-hydrogen) atoms. The highest BCUT2D eigenvalue weighted by Gasteiger charge is 2.12. The lowest BCUT2D eigenvalue weighted by Crippen LogP contribution is -1.96. The molecule has 0 bridgehead atoms. The Hall–Kier alpha value is -1.87. The molecular formula is C14H10O2S. The Balaban J connectivity index is 2.55. The Kier molecular flexibility index (Phi) is 2.16. The van der Waals surface area contributed by atoms with E-state index in [1.165, 1.54) is 16.9 Å². The largest absolute Gasteiger partial charge is 0.478 e. The van der Waals surface area contributed by atoms with E-state index in [2.05, 4.69) is 6.07 Å². The summed E-state index contributed by atoms with van der Waals surface area (Å²) >= 11 is 1.48. The van der Waals surface area contributed by atoms with E-state index in [0.29, 0.717) is 5.56 Å². The molecule has 3 rings (SSSR count). The van der Waals surface area contributed by atoms with Crippen LogP contribution in [0.1, 0.15) is 15.9 Å². The van der Waals surface area contributed by atoms with E-state index < -0.39 is 5.97 Å². The van der Waals surface area contributed by atoms with Crippen LogP contribution in [0.3, 0.4) is 0 Å². The number of fused-ring (bicyclic) bond motifs is 3. The molecule has 0 atom stereocenters. The van der Waals surface area contributed by atoms with Crippen LogP contribution >= 0.6 is 11.3 Å². The van der Waals surface area contributed by atoms with Crippen LogP contribution in [0.2, 0.25) is 0 Å². The summed E-state index contributed by atoms with van der Waals surface area (Å²) < 4.78 is 0.857. The zero-order valence-corrected chi connectivity index (χ0v) is 10.0. The number of aromatic carboxylic acids is 1. The van der Waals surface area contributed by atoms with E-state index in [1.807, 2.05) is 30.5 Å². The average molecular weight is 242 g/mol. The first kappa shape index (κ1) is 10.3. The number of carboxylic acids is 1. The number of hydrogen-bond donors (Lipinski definition) is 1. The van der Waals surface area contributed by atoms with Crippen molar-refractivity contribution in [3.8, 4) is 0 Å². The van der Waals surface area contributed by atoms with Gasteiger partial charge in [-0.2, -0.15) is 0 Å². The van der Waals surface area contributed by atoms with Crippen LogP contribution in [0.5, 0.6) is 0 Å². The van der Waals surface area contributed by atoms with Gasteiger partial charge in [-0.05, 0) is 35.2 Å². The lowest BCUT2D eigenvalue weighted by atomic mass is 10.0. The summed E-state index contributed by atoms with van der Waals surface area (Å²) in [5, 5.41) is 14.3. The fraction of sp³-hybridized carbons (Fsp3) is 0.0714. The lowest BCUT2D eigenvalue weighted by molar-refractivity contribution is 0.0699. The van der Waals surface area contributed by atoms with Gasteiger partial charge in [0.15, 0.2) is 0 Å². The van der Waals surface area contributed by atoms with Crippen molar-refractivity contribution in [2.75, 3.05) is 0 Å². The maximum absolute atomic E-state index is 11.2. The normalized spacial score (nSPS) is 11.1. The first-order valence-corrected chi connectivity index (χ1v) is 6.18. The third kappa shape index (κ3) is 1.51. The molecule has 0 saturated heterocycles. The molecule has 0 radical (unpaired) electrons. The molecule has 1 heterocycles. The van der Waals surface area contributed by atoms with E-state index in [9.17, 15) is 9.90 Å². The van der Waals surface area contributed by atoms with Crippen molar-refractivity contribution in [1.29, 1.82) is 0 Å². The number of aryl methyl sites for hydroxylation is 1. The van der Waals surface area contributed by atoms with Crippen LogP contribution in [-0.4, -0.2) is 11.1 Å². The Bertz CT molecular complexity index is 740. The number of carbonyl (C=O) groups is 1. The van der Waals surface area contributed by atoms with Crippen molar-refractivity contribution in [3.63, 3.8) is 0 Å². The van der Waals surface area contributed by atoms with Gasteiger partial charge in [-0.25, -0.2) is 4.79 Å². The average Bonchev–Trinajstić information content (AvgIpc) is 2.76. The predicted octanol–water partition coefficient (Wildman–Crippen LogP) is 4.06. The minimum Gasteiger partial charge on any atom is -0.478 e. The lowest BCUT2D eigenvalue weighted by Gasteiger charge is -2.04. The first-order chi connectivity index (χ1) is 8.16. The van der Waals surface area contributed by atoms with Gasteiger partial charge in [-0.3, -0.25) is 0 Å². The van der Waals surface area contributed by atoms with Gasteiger partial charge in [0.25, 0.3) is 0 Å². The molecule has 0 aliphatic carbocycles. The second-order valence-electron chi connectivity index (χ2n) is 4.12. The Morgan fingerprint density at radius 3 is 2.76 bits per heavy atom.